The molecule has 0 aliphatic rings. The largest absolute Gasteiger partial charge is 0.310 e. The molecule has 18 aromatic carbocycles. The van der Waals surface area contributed by atoms with Gasteiger partial charge < -0.3 is 18.9 Å². The maximum atomic E-state index is 5.10. The Morgan fingerprint density at radius 2 is 0.398 bits per heavy atom. The second-order valence-electron chi connectivity index (χ2n) is 29.4. The van der Waals surface area contributed by atoms with Gasteiger partial charge in [0.05, 0.1) is 22.1 Å². The van der Waals surface area contributed by atoms with Crippen molar-refractivity contribution < 1.29 is 0 Å². The van der Waals surface area contributed by atoms with Gasteiger partial charge in [-0.2, -0.15) is 0 Å². The van der Waals surface area contributed by atoms with Crippen molar-refractivity contribution in [1.82, 2.24) is 39.0 Å². The second-order valence-corrected chi connectivity index (χ2v) is 29.4. The van der Waals surface area contributed by atoms with Crippen molar-refractivity contribution in [3.8, 4) is 90.8 Å². The molecule has 118 heavy (non-hydrogen) atoms. The van der Waals surface area contributed by atoms with Gasteiger partial charge in [0, 0.05) is 100 Å². The lowest BCUT2D eigenvalue weighted by Crippen LogP contribution is -2.09. The van der Waals surface area contributed by atoms with Gasteiger partial charge in [0.25, 0.3) is 0 Å². The number of benzene rings is 18. The highest BCUT2D eigenvalue weighted by atomic mass is 15.2. The molecule has 0 atom stereocenters. The quantitative estimate of drug-likeness (QED) is 0.0937. The van der Waals surface area contributed by atoms with Crippen LogP contribution in [0, 0.1) is 0 Å². The van der Waals surface area contributed by atoms with Crippen LogP contribution in [0.1, 0.15) is 0 Å². The summed E-state index contributed by atoms with van der Waals surface area (Å²) in [6.45, 7) is 0. The highest BCUT2D eigenvalue weighted by Crippen LogP contribution is 2.45. The molecule has 10 heteroatoms. The molecule has 0 aliphatic carbocycles. The third kappa shape index (κ3) is 13.1. The number of para-hydroxylation sites is 6. The van der Waals surface area contributed by atoms with Crippen LogP contribution in [0.4, 0.5) is 34.1 Å². The molecule has 4 aromatic heterocycles. The smallest absolute Gasteiger partial charge is 0.164 e. The van der Waals surface area contributed by atoms with E-state index in [0.29, 0.717) is 34.9 Å². The Morgan fingerprint density at radius 3 is 0.780 bits per heavy atom. The van der Waals surface area contributed by atoms with Crippen LogP contribution < -0.4 is 9.80 Å². The molecule has 0 saturated heterocycles. The van der Waals surface area contributed by atoms with Gasteiger partial charge in [0.2, 0.25) is 0 Å². The van der Waals surface area contributed by atoms with Crippen molar-refractivity contribution in [3.63, 3.8) is 0 Å². The zero-order valence-corrected chi connectivity index (χ0v) is 64.0. The standard InChI is InChI=1S/C57H37N5.C51H35N5/c1-5-17-38(18-6-1)55-58-56(39-19-7-2-8-20-39)60-57(59-55)40-29-32-47-45-25-13-14-26-46(45)48-33-30-44(36-51(48)50(47)35-40)62-53-28-16-15-27-49(53)52-37-43(31-34-54(52)62)61(41-21-9-3-10-22-41)42-23-11-4-12-24-42;1-5-15-38(16-6-1)49-52-50(39-17-7-2-8-18-39)54-51(53-49)40-27-25-36(26-28-40)37-29-31-43(32-30-37)56-47-24-14-13-23-45(47)46-35-44(33-34-48(46)56)55(41-19-9-3-10-20-41)42-21-11-4-12-22-42/h1-37H;1-35H. The summed E-state index contributed by atoms with van der Waals surface area (Å²) >= 11 is 0. The van der Waals surface area contributed by atoms with E-state index in [-0.39, 0.29) is 0 Å². The van der Waals surface area contributed by atoms with Crippen LogP contribution in [0.2, 0.25) is 0 Å². The van der Waals surface area contributed by atoms with Crippen molar-refractivity contribution in [2.75, 3.05) is 9.80 Å². The highest BCUT2D eigenvalue weighted by molar-refractivity contribution is 6.26. The first-order chi connectivity index (χ1) is 58.5. The lowest BCUT2D eigenvalue weighted by Gasteiger charge is -2.25. The molecule has 0 saturated carbocycles. The van der Waals surface area contributed by atoms with Crippen molar-refractivity contribution >= 4 is 110 Å². The van der Waals surface area contributed by atoms with Crippen molar-refractivity contribution in [1.29, 1.82) is 0 Å². The Balaban J connectivity index is 0.000000148. The Morgan fingerprint density at radius 1 is 0.144 bits per heavy atom. The summed E-state index contributed by atoms with van der Waals surface area (Å²) in [6, 6.07) is 153. The maximum Gasteiger partial charge on any atom is 0.164 e. The van der Waals surface area contributed by atoms with Crippen LogP contribution in [0.3, 0.4) is 0 Å². The van der Waals surface area contributed by atoms with E-state index in [4.69, 9.17) is 29.9 Å². The molecule has 0 spiro atoms. The number of hydrogen-bond acceptors (Lipinski definition) is 8. The number of anilines is 6. The monoisotopic (exact) mass is 1510 g/mol. The molecule has 0 bridgehead atoms. The Kier molecular flexibility index (Phi) is 18.0. The second kappa shape index (κ2) is 30.5. The first-order valence-electron chi connectivity index (χ1n) is 39.7. The zero-order valence-electron chi connectivity index (χ0n) is 64.0. The third-order valence-corrected chi connectivity index (χ3v) is 22.2. The summed E-state index contributed by atoms with van der Waals surface area (Å²) < 4.78 is 4.78. The fourth-order valence-electron chi connectivity index (χ4n) is 16.7. The topological polar surface area (TPSA) is 93.7 Å². The van der Waals surface area contributed by atoms with Gasteiger partial charge in [0.1, 0.15) is 0 Å². The van der Waals surface area contributed by atoms with Gasteiger partial charge in [-0.1, -0.05) is 309 Å². The van der Waals surface area contributed by atoms with Crippen molar-refractivity contribution in [3.05, 3.63) is 437 Å². The highest BCUT2D eigenvalue weighted by Gasteiger charge is 2.23. The van der Waals surface area contributed by atoms with Gasteiger partial charge in [-0.05, 0) is 171 Å². The van der Waals surface area contributed by atoms with Gasteiger partial charge in [-0.15, -0.1) is 0 Å². The SMILES string of the molecule is c1ccc(-c2nc(-c3ccccc3)nc(-c3ccc(-c4ccc(-n5c6ccccc6c6cc(N(c7ccccc7)c7ccccc7)ccc65)cc4)cc3)n2)cc1.c1ccc(-c2nc(-c3ccccc3)nc(-c3ccc4c5ccccc5c5ccc(-n6c7ccccc7c7cc(N(c8ccccc8)c8ccccc8)ccc76)cc5c4c3)n2)cc1. The van der Waals surface area contributed by atoms with E-state index in [1.165, 1.54) is 54.0 Å². The predicted molar refractivity (Wildman–Crippen MR) is 488 cm³/mol. The number of fused-ring (bicyclic) bond motifs is 12. The Labute approximate surface area is 682 Å². The molecule has 0 unspecified atom stereocenters. The van der Waals surface area contributed by atoms with Crippen LogP contribution in [-0.4, -0.2) is 39.0 Å². The number of rotatable bonds is 15. The van der Waals surface area contributed by atoms with Crippen LogP contribution in [0.15, 0.2) is 437 Å². The molecule has 4 heterocycles. The minimum atomic E-state index is 0.635. The summed E-state index contributed by atoms with van der Waals surface area (Å²) in [5, 5.41) is 12.0. The minimum Gasteiger partial charge on any atom is -0.310 e. The van der Waals surface area contributed by atoms with E-state index in [1.54, 1.807) is 0 Å². The number of aromatic nitrogens is 8. The molecule has 10 nitrogen and oxygen atoms in total. The van der Waals surface area contributed by atoms with E-state index in [0.717, 1.165) is 112 Å². The van der Waals surface area contributed by atoms with Crippen LogP contribution in [0.25, 0.3) is 167 Å². The van der Waals surface area contributed by atoms with Crippen LogP contribution in [0.5, 0.6) is 0 Å². The van der Waals surface area contributed by atoms with Crippen LogP contribution in [-0.2, 0) is 0 Å². The van der Waals surface area contributed by atoms with Gasteiger partial charge in [0.15, 0.2) is 34.9 Å². The summed E-state index contributed by atoms with van der Waals surface area (Å²) in [4.78, 5) is 34.5. The number of nitrogens with zero attached hydrogens (tertiary/aromatic N) is 10. The molecule has 22 rings (SSSR count). The minimum absolute atomic E-state index is 0.635. The maximum absolute atomic E-state index is 5.10. The van der Waals surface area contributed by atoms with E-state index in [2.05, 4.69) is 334 Å². The Hall–Kier alpha value is -16.0. The Bertz CT molecular complexity index is 7240. The first-order valence-corrected chi connectivity index (χ1v) is 39.7. The van der Waals surface area contributed by atoms with E-state index in [1.807, 2.05) is 121 Å². The normalized spacial score (nSPS) is 11.4. The lowest BCUT2D eigenvalue weighted by molar-refractivity contribution is 1.07. The fourth-order valence-corrected chi connectivity index (χ4v) is 16.7. The fraction of sp³-hybridized carbons (Fsp3) is 0. The molecule has 0 fully saturated rings. The van der Waals surface area contributed by atoms with Gasteiger partial charge >= 0.3 is 0 Å². The van der Waals surface area contributed by atoms with E-state index < -0.39 is 0 Å². The summed E-state index contributed by atoms with van der Waals surface area (Å²) in [5.41, 5.74) is 21.4. The molecule has 0 amide bonds. The van der Waals surface area contributed by atoms with Gasteiger partial charge in [-0.3, -0.25) is 0 Å². The summed E-state index contributed by atoms with van der Waals surface area (Å²) in [5.74, 6) is 3.87. The summed E-state index contributed by atoms with van der Waals surface area (Å²) in [6.07, 6.45) is 0. The van der Waals surface area contributed by atoms with Crippen LogP contribution >= 0.6 is 0 Å². The molecule has 0 radical (unpaired) electrons. The average molecular weight is 1510 g/mol. The molecule has 0 aliphatic heterocycles. The van der Waals surface area contributed by atoms with Crippen molar-refractivity contribution in [2.24, 2.45) is 0 Å². The number of hydrogen-bond donors (Lipinski definition) is 0. The van der Waals surface area contributed by atoms with E-state index >= 15 is 0 Å². The van der Waals surface area contributed by atoms with Gasteiger partial charge in [-0.25, -0.2) is 29.9 Å². The zero-order chi connectivity index (χ0) is 78.2. The first kappa shape index (κ1) is 69.9. The molecule has 22 aromatic rings. The molecule has 0 N–H and O–H groups in total. The van der Waals surface area contributed by atoms with E-state index in [9.17, 15) is 0 Å². The predicted octanol–water partition coefficient (Wildman–Crippen LogP) is 28.0. The van der Waals surface area contributed by atoms with Crippen molar-refractivity contribution in [2.45, 2.75) is 0 Å². The molecular weight excluding hydrogens is 1440 g/mol. The molecule has 554 valence electrons. The summed E-state index contributed by atoms with van der Waals surface area (Å²) in [7, 11) is 0. The average Bonchev–Trinajstić information content (AvgIpc) is 1.60. The lowest BCUT2D eigenvalue weighted by atomic mass is 9.93. The third-order valence-electron chi connectivity index (χ3n) is 22.2. The molecular formula is C108H72N10.